The standard InChI is InChI=1S/C12H15NO2/c1-13-11-5-4-8-6-10(12(14)15)3-2-9(8)7-11/h2-3,6,11,13H,4-5,7H2,1H3,(H,14,15). The van der Waals surface area contributed by atoms with Gasteiger partial charge in [0.05, 0.1) is 5.56 Å². The van der Waals surface area contributed by atoms with Gasteiger partial charge in [0.1, 0.15) is 0 Å². The lowest BCUT2D eigenvalue weighted by atomic mass is 9.87. The summed E-state index contributed by atoms with van der Waals surface area (Å²) in [6.45, 7) is 0. The van der Waals surface area contributed by atoms with E-state index in [1.54, 1.807) is 6.07 Å². The van der Waals surface area contributed by atoms with E-state index in [0.717, 1.165) is 19.3 Å². The minimum Gasteiger partial charge on any atom is -0.478 e. The molecule has 0 saturated heterocycles. The van der Waals surface area contributed by atoms with Gasteiger partial charge in [0.25, 0.3) is 0 Å². The summed E-state index contributed by atoms with van der Waals surface area (Å²) in [6, 6.07) is 5.98. The van der Waals surface area contributed by atoms with E-state index in [1.165, 1.54) is 11.1 Å². The summed E-state index contributed by atoms with van der Waals surface area (Å²) in [4.78, 5) is 10.8. The smallest absolute Gasteiger partial charge is 0.335 e. The van der Waals surface area contributed by atoms with Crippen LogP contribution in [0.5, 0.6) is 0 Å². The SMILES string of the molecule is CNC1CCc2cc(C(=O)O)ccc2C1. The maximum atomic E-state index is 10.8. The number of rotatable bonds is 2. The van der Waals surface area contributed by atoms with E-state index < -0.39 is 5.97 Å². The molecule has 15 heavy (non-hydrogen) atoms. The van der Waals surface area contributed by atoms with Crippen molar-refractivity contribution in [1.82, 2.24) is 5.32 Å². The second-order valence-electron chi connectivity index (χ2n) is 4.02. The first-order chi connectivity index (χ1) is 7.20. The number of likely N-dealkylation sites (N-methyl/N-ethyl adjacent to an activating group) is 1. The lowest BCUT2D eigenvalue weighted by molar-refractivity contribution is 0.0696. The average molecular weight is 205 g/mol. The van der Waals surface area contributed by atoms with Crippen molar-refractivity contribution in [1.29, 1.82) is 0 Å². The van der Waals surface area contributed by atoms with Gasteiger partial charge in [0.2, 0.25) is 0 Å². The third kappa shape index (κ3) is 2.02. The monoisotopic (exact) mass is 205 g/mol. The van der Waals surface area contributed by atoms with Crippen molar-refractivity contribution in [2.45, 2.75) is 25.3 Å². The Balaban J connectivity index is 2.28. The average Bonchev–Trinajstić information content (AvgIpc) is 2.27. The summed E-state index contributed by atoms with van der Waals surface area (Å²) in [5, 5.41) is 12.1. The summed E-state index contributed by atoms with van der Waals surface area (Å²) < 4.78 is 0. The van der Waals surface area contributed by atoms with Gasteiger partial charge in [0.15, 0.2) is 0 Å². The highest BCUT2D eigenvalue weighted by Crippen LogP contribution is 2.22. The Morgan fingerprint density at radius 3 is 2.93 bits per heavy atom. The molecular weight excluding hydrogens is 190 g/mol. The molecule has 1 aliphatic rings. The summed E-state index contributed by atoms with van der Waals surface area (Å²) in [6.07, 6.45) is 3.07. The first-order valence-electron chi connectivity index (χ1n) is 5.23. The van der Waals surface area contributed by atoms with Crippen LogP contribution in [-0.2, 0) is 12.8 Å². The molecule has 0 spiro atoms. The molecule has 3 heteroatoms. The maximum absolute atomic E-state index is 10.8. The van der Waals surface area contributed by atoms with Crippen LogP contribution in [0.1, 0.15) is 27.9 Å². The van der Waals surface area contributed by atoms with E-state index >= 15 is 0 Å². The minimum absolute atomic E-state index is 0.400. The second kappa shape index (κ2) is 4.03. The summed E-state index contributed by atoms with van der Waals surface area (Å²) >= 11 is 0. The van der Waals surface area contributed by atoms with Gasteiger partial charge in [-0.15, -0.1) is 0 Å². The minimum atomic E-state index is -0.839. The van der Waals surface area contributed by atoms with Crippen LogP contribution in [0.4, 0.5) is 0 Å². The van der Waals surface area contributed by atoms with Crippen LogP contribution in [0.25, 0.3) is 0 Å². The number of hydrogen-bond acceptors (Lipinski definition) is 2. The van der Waals surface area contributed by atoms with Crippen molar-refractivity contribution >= 4 is 5.97 Å². The number of fused-ring (bicyclic) bond motifs is 1. The van der Waals surface area contributed by atoms with Gasteiger partial charge in [-0.05, 0) is 49.6 Å². The van der Waals surface area contributed by atoms with E-state index in [9.17, 15) is 4.79 Å². The normalized spacial score (nSPS) is 19.7. The number of carboxylic acid groups (broad SMARTS) is 1. The van der Waals surface area contributed by atoms with Gasteiger partial charge in [-0.2, -0.15) is 0 Å². The first-order valence-corrected chi connectivity index (χ1v) is 5.23. The number of aryl methyl sites for hydroxylation is 1. The number of carboxylic acids is 1. The number of carbonyl (C=O) groups is 1. The van der Waals surface area contributed by atoms with Gasteiger partial charge in [0, 0.05) is 6.04 Å². The molecule has 0 bridgehead atoms. The second-order valence-corrected chi connectivity index (χ2v) is 4.02. The molecule has 80 valence electrons. The zero-order chi connectivity index (χ0) is 10.8. The van der Waals surface area contributed by atoms with Crippen molar-refractivity contribution in [3.8, 4) is 0 Å². The van der Waals surface area contributed by atoms with Crippen LogP contribution in [0, 0.1) is 0 Å². The molecule has 0 aromatic heterocycles. The molecule has 0 fully saturated rings. The van der Waals surface area contributed by atoms with E-state index in [4.69, 9.17) is 5.11 Å². The zero-order valence-corrected chi connectivity index (χ0v) is 8.79. The molecule has 3 nitrogen and oxygen atoms in total. The van der Waals surface area contributed by atoms with E-state index in [1.807, 2.05) is 19.2 Å². The van der Waals surface area contributed by atoms with Crippen LogP contribution in [0.15, 0.2) is 18.2 Å². The fraction of sp³-hybridized carbons (Fsp3) is 0.417. The Bertz CT molecular complexity index is 387. The Hall–Kier alpha value is -1.35. The fourth-order valence-corrected chi connectivity index (χ4v) is 2.13. The summed E-state index contributed by atoms with van der Waals surface area (Å²) in [7, 11) is 1.97. The Kier molecular flexibility index (Phi) is 2.73. The Morgan fingerprint density at radius 2 is 2.27 bits per heavy atom. The van der Waals surface area contributed by atoms with Gasteiger partial charge >= 0.3 is 5.97 Å². The maximum Gasteiger partial charge on any atom is 0.335 e. The molecule has 0 radical (unpaired) electrons. The molecule has 1 aromatic rings. The Labute approximate surface area is 89.1 Å². The molecule has 0 aliphatic heterocycles. The summed E-state index contributed by atoms with van der Waals surface area (Å²) in [5.74, 6) is -0.839. The highest BCUT2D eigenvalue weighted by atomic mass is 16.4. The molecule has 1 unspecified atom stereocenters. The lowest BCUT2D eigenvalue weighted by Gasteiger charge is -2.24. The lowest BCUT2D eigenvalue weighted by Crippen LogP contribution is -2.31. The molecule has 1 atom stereocenters. The molecular formula is C12H15NO2. The zero-order valence-electron chi connectivity index (χ0n) is 8.79. The molecule has 0 heterocycles. The van der Waals surface area contributed by atoms with E-state index in [-0.39, 0.29) is 0 Å². The van der Waals surface area contributed by atoms with E-state index in [2.05, 4.69) is 5.32 Å². The topological polar surface area (TPSA) is 49.3 Å². The highest BCUT2D eigenvalue weighted by Gasteiger charge is 2.18. The molecule has 0 saturated carbocycles. The number of hydrogen-bond donors (Lipinski definition) is 2. The van der Waals surface area contributed by atoms with Crippen molar-refractivity contribution in [3.05, 3.63) is 34.9 Å². The van der Waals surface area contributed by atoms with Crippen LogP contribution >= 0.6 is 0 Å². The molecule has 0 amide bonds. The number of aromatic carboxylic acids is 1. The van der Waals surface area contributed by atoms with Gasteiger partial charge in [-0.3, -0.25) is 0 Å². The third-order valence-corrected chi connectivity index (χ3v) is 3.09. The predicted octanol–water partition coefficient (Wildman–Crippen LogP) is 1.46. The third-order valence-electron chi connectivity index (χ3n) is 3.09. The van der Waals surface area contributed by atoms with Gasteiger partial charge in [-0.25, -0.2) is 4.79 Å². The predicted molar refractivity (Wildman–Crippen MR) is 58.3 cm³/mol. The number of benzene rings is 1. The van der Waals surface area contributed by atoms with Crippen LogP contribution in [-0.4, -0.2) is 24.2 Å². The van der Waals surface area contributed by atoms with Gasteiger partial charge in [-0.1, -0.05) is 6.07 Å². The van der Waals surface area contributed by atoms with Gasteiger partial charge < -0.3 is 10.4 Å². The van der Waals surface area contributed by atoms with Crippen LogP contribution in [0.2, 0.25) is 0 Å². The van der Waals surface area contributed by atoms with Crippen LogP contribution in [0.3, 0.4) is 0 Å². The van der Waals surface area contributed by atoms with Crippen molar-refractivity contribution in [2.75, 3.05) is 7.05 Å². The molecule has 2 N–H and O–H groups in total. The van der Waals surface area contributed by atoms with E-state index in [0.29, 0.717) is 11.6 Å². The quantitative estimate of drug-likeness (QED) is 0.768. The van der Waals surface area contributed by atoms with Crippen LogP contribution < -0.4 is 5.32 Å². The highest BCUT2D eigenvalue weighted by molar-refractivity contribution is 5.87. The van der Waals surface area contributed by atoms with Crippen molar-refractivity contribution < 1.29 is 9.90 Å². The first kappa shape index (κ1) is 10.2. The largest absolute Gasteiger partial charge is 0.478 e. The Morgan fingerprint density at radius 1 is 1.47 bits per heavy atom. The number of nitrogens with one attached hydrogen (secondary N) is 1. The molecule has 2 rings (SSSR count). The van der Waals surface area contributed by atoms with Crippen molar-refractivity contribution in [2.24, 2.45) is 0 Å². The van der Waals surface area contributed by atoms with Crippen molar-refractivity contribution in [3.63, 3.8) is 0 Å². The fourth-order valence-electron chi connectivity index (χ4n) is 2.13. The molecule has 1 aliphatic carbocycles. The summed E-state index contributed by atoms with van der Waals surface area (Å²) in [5.41, 5.74) is 2.88. The molecule has 1 aromatic carbocycles.